The van der Waals surface area contributed by atoms with E-state index in [9.17, 15) is 4.79 Å². The van der Waals surface area contributed by atoms with Gasteiger partial charge in [-0.3, -0.25) is 4.79 Å². The van der Waals surface area contributed by atoms with Crippen LogP contribution in [0.3, 0.4) is 0 Å². The third-order valence-corrected chi connectivity index (χ3v) is 1.21. The number of dihydropyridines is 1. The van der Waals surface area contributed by atoms with Crippen LogP contribution in [-0.2, 0) is 4.79 Å². The van der Waals surface area contributed by atoms with Crippen LogP contribution in [0.15, 0.2) is 29.0 Å². The van der Waals surface area contributed by atoms with Gasteiger partial charge in [0.2, 0.25) is 5.91 Å². The number of hydrogen-bond acceptors (Lipinski definition) is 2. The summed E-state index contributed by atoms with van der Waals surface area (Å²) in [5, 5.41) is 5.77. The fraction of sp³-hybridized carbons (Fsp3) is 0.167. The van der Waals surface area contributed by atoms with Crippen molar-refractivity contribution in [1.82, 2.24) is 5.32 Å². The second-order valence-electron chi connectivity index (χ2n) is 1.93. The molecular formula is C6H6N4O. The van der Waals surface area contributed by atoms with Crippen LogP contribution in [0.5, 0.6) is 0 Å². The monoisotopic (exact) mass is 150 g/mol. The maximum Gasteiger partial charge on any atom is 0.246 e. The van der Waals surface area contributed by atoms with Gasteiger partial charge in [-0.05, 0) is 22.9 Å². The predicted molar refractivity (Wildman–Crippen MR) is 39.4 cm³/mol. The number of carbonyl (C=O) groups is 1. The number of carbonyl (C=O) groups excluding carboxylic acids is 1. The molecule has 1 heterocycles. The Morgan fingerprint density at radius 3 is 3.18 bits per heavy atom. The zero-order valence-electron chi connectivity index (χ0n) is 5.69. The number of azide groups is 1. The first-order valence-corrected chi connectivity index (χ1v) is 3.03. The van der Waals surface area contributed by atoms with Crippen LogP contribution < -0.4 is 5.32 Å². The van der Waals surface area contributed by atoms with Crippen molar-refractivity contribution in [2.24, 2.45) is 5.11 Å². The summed E-state index contributed by atoms with van der Waals surface area (Å²) >= 11 is 0. The molecule has 1 amide bonds. The fourth-order valence-corrected chi connectivity index (χ4v) is 0.712. The highest BCUT2D eigenvalue weighted by Gasteiger charge is 2.06. The molecule has 0 spiro atoms. The second-order valence-corrected chi connectivity index (χ2v) is 1.93. The first-order valence-electron chi connectivity index (χ1n) is 3.03. The molecule has 0 unspecified atom stereocenters. The molecule has 0 aromatic heterocycles. The fourth-order valence-electron chi connectivity index (χ4n) is 0.712. The highest BCUT2D eigenvalue weighted by atomic mass is 16.1. The minimum atomic E-state index is -0.524. The SMILES string of the molecule is [N-]=[N+]=NC(=O)C1=CC=CNC1. The van der Waals surface area contributed by atoms with Crippen LogP contribution in [0.25, 0.3) is 10.4 Å². The van der Waals surface area contributed by atoms with E-state index in [1.54, 1.807) is 18.4 Å². The summed E-state index contributed by atoms with van der Waals surface area (Å²) in [6.45, 7) is 0.425. The van der Waals surface area contributed by atoms with Gasteiger partial charge in [0.05, 0.1) is 0 Å². The van der Waals surface area contributed by atoms with Gasteiger partial charge in [0.25, 0.3) is 0 Å². The first kappa shape index (κ1) is 7.37. The number of amides is 1. The molecule has 11 heavy (non-hydrogen) atoms. The van der Waals surface area contributed by atoms with Crippen LogP contribution in [-0.4, -0.2) is 12.5 Å². The van der Waals surface area contributed by atoms with E-state index >= 15 is 0 Å². The van der Waals surface area contributed by atoms with E-state index in [1.807, 2.05) is 0 Å². The van der Waals surface area contributed by atoms with Gasteiger partial charge in [0, 0.05) is 17.0 Å². The summed E-state index contributed by atoms with van der Waals surface area (Å²) in [6.07, 6.45) is 5.02. The number of allylic oxidation sites excluding steroid dienone is 2. The summed E-state index contributed by atoms with van der Waals surface area (Å²) in [6, 6.07) is 0. The third-order valence-electron chi connectivity index (χ3n) is 1.21. The number of rotatable bonds is 1. The highest BCUT2D eigenvalue weighted by molar-refractivity contribution is 5.95. The van der Waals surface area contributed by atoms with E-state index in [2.05, 4.69) is 15.3 Å². The number of nitrogens with one attached hydrogen (secondary N) is 1. The number of hydrogen-bond donors (Lipinski definition) is 1. The van der Waals surface area contributed by atoms with Crippen LogP contribution in [0.2, 0.25) is 0 Å². The Balaban J connectivity index is 2.74. The highest BCUT2D eigenvalue weighted by Crippen LogP contribution is 2.00. The Labute approximate surface area is 63.0 Å². The van der Waals surface area contributed by atoms with Crippen molar-refractivity contribution in [3.63, 3.8) is 0 Å². The lowest BCUT2D eigenvalue weighted by atomic mass is 10.2. The second kappa shape index (κ2) is 3.43. The molecule has 1 N–H and O–H groups in total. The van der Waals surface area contributed by atoms with E-state index in [0.717, 1.165) is 0 Å². The molecule has 1 aliphatic heterocycles. The quantitative estimate of drug-likeness (QED) is 0.342. The molecule has 5 heteroatoms. The van der Waals surface area contributed by atoms with Gasteiger partial charge in [-0.2, -0.15) is 0 Å². The standard InChI is InChI=1S/C6H6N4O/c7-10-9-6(11)5-2-1-3-8-4-5/h1-3,8H,4H2. The topological polar surface area (TPSA) is 77.9 Å². The molecule has 0 fully saturated rings. The predicted octanol–water partition coefficient (Wildman–Crippen LogP) is 0.867. The zero-order chi connectivity index (χ0) is 8.10. The molecule has 0 saturated heterocycles. The maximum atomic E-state index is 10.8. The maximum absolute atomic E-state index is 10.8. The van der Waals surface area contributed by atoms with Gasteiger partial charge in [-0.25, -0.2) is 0 Å². The van der Waals surface area contributed by atoms with Gasteiger partial charge in [-0.1, -0.05) is 6.08 Å². The van der Waals surface area contributed by atoms with Crippen molar-refractivity contribution in [1.29, 1.82) is 0 Å². The molecule has 0 radical (unpaired) electrons. The number of nitrogens with zero attached hydrogens (tertiary/aromatic N) is 3. The van der Waals surface area contributed by atoms with Crippen molar-refractivity contribution >= 4 is 5.91 Å². The van der Waals surface area contributed by atoms with Crippen LogP contribution in [0, 0.1) is 0 Å². The van der Waals surface area contributed by atoms with Crippen molar-refractivity contribution in [3.05, 3.63) is 34.4 Å². The lowest BCUT2D eigenvalue weighted by Gasteiger charge is -2.05. The Morgan fingerprint density at radius 2 is 2.64 bits per heavy atom. The van der Waals surface area contributed by atoms with Gasteiger partial charge in [-0.15, -0.1) is 0 Å². The smallest absolute Gasteiger partial charge is 0.246 e. The Bertz CT molecular complexity index is 272. The Morgan fingerprint density at radius 1 is 1.82 bits per heavy atom. The summed E-state index contributed by atoms with van der Waals surface area (Å²) < 4.78 is 0. The van der Waals surface area contributed by atoms with Gasteiger partial charge >= 0.3 is 0 Å². The molecule has 0 aliphatic carbocycles. The molecule has 0 bridgehead atoms. The molecule has 1 rings (SSSR count). The van der Waals surface area contributed by atoms with E-state index in [-0.39, 0.29) is 0 Å². The summed E-state index contributed by atoms with van der Waals surface area (Å²) in [4.78, 5) is 13.2. The Kier molecular flexibility index (Phi) is 2.30. The minimum absolute atomic E-state index is 0.425. The largest absolute Gasteiger partial charge is 0.387 e. The minimum Gasteiger partial charge on any atom is -0.387 e. The van der Waals surface area contributed by atoms with Crippen molar-refractivity contribution < 1.29 is 4.79 Å². The van der Waals surface area contributed by atoms with E-state index in [1.165, 1.54) is 0 Å². The summed E-state index contributed by atoms with van der Waals surface area (Å²) in [5.41, 5.74) is 8.42. The van der Waals surface area contributed by atoms with Gasteiger partial charge in [0.15, 0.2) is 0 Å². The molecule has 56 valence electrons. The lowest BCUT2D eigenvalue weighted by Crippen LogP contribution is -2.17. The van der Waals surface area contributed by atoms with Crippen LogP contribution >= 0.6 is 0 Å². The van der Waals surface area contributed by atoms with Crippen LogP contribution in [0.4, 0.5) is 0 Å². The first-order chi connectivity index (χ1) is 5.34. The normalized spacial score (nSPS) is 14.4. The summed E-state index contributed by atoms with van der Waals surface area (Å²) in [5.74, 6) is -0.524. The van der Waals surface area contributed by atoms with E-state index in [4.69, 9.17) is 5.53 Å². The molecule has 0 atom stereocenters. The van der Waals surface area contributed by atoms with Gasteiger partial charge in [0.1, 0.15) is 0 Å². The van der Waals surface area contributed by atoms with E-state index < -0.39 is 5.91 Å². The average molecular weight is 150 g/mol. The van der Waals surface area contributed by atoms with Crippen molar-refractivity contribution in [2.75, 3.05) is 6.54 Å². The lowest BCUT2D eigenvalue weighted by molar-refractivity contribution is -0.114. The molecule has 0 saturated carbocycles. The van der Waals surface area contributed by atoms with Crippen molar-refractivity contribution in [2.45, 2.75) is 0 Å². The van der Waals surface area contributed by atoms with Crippen molar-refractivity contribution in [3.8, 4) is 0 Å². The molecule has 0 aromatic rings. The molecule has 1 aliphatic rings. The van der Waals surface area contributed by atoms with Gasteiger partial charge < -0.3 is 5.32 Å². The average Bonchev–Trinajstić information content (AvgIpc) is 2.07. The molecule has 0 aromatic carbocycles. The molecule has 5 nitrogen and oxygen atoms in total. The Hall–Kier alpha value is -1.74. The molecular weight excluding hydrogens is 144 g/mol. The zero-order valence-corrected chi connectivity index (χ0v) is 5.69. The third kappa shape index (κ3) is 1.84. The van der Waals surface area contributed by atoms with E-state index in [0.29, 0.717) is 12.1 Å². The van der Waals surface area contributed by atoms with Crippen LogP contribution in [0.1, 0.15) is 0 Å². The summed E-state index contributed by atoms with van der Waals surface area (Å²) in [7, 11) is 0.